The SMILES string of the molecule is Cc1cn(C2CCCCCC2)c(NCC(C)C)n1. The summed E-state index contributed by atoms with van der Waals surface area (Å²) in [5.41, 5.74) is 1.13. The zero-order valence-electron chi connectivity index (χ0n) is 12.1. The summed E-state index contributed by atoms with van der Waals surface area (Å²) in [6, 6.07) is 0.656. The molecule has 0 saturated heterocycles. The molecule has 1 fully saturated rings. The Morgan fingerprint density at radius 1 is 1.28 bits per heavy atom. The molecule has 0 radical (unpaired) electrons. The lowest BCUT2D eigenvalue weighted by Crippen LogP contribution is -2.15. The highest BCUT2D eigenvalue weighted by molar-refractivity contribution is 5.29. The summed E-state index contributed by atoms with van der Waals surface area (Å²) in [7, 11) is 0. The molecule has 1 aliphatic carbocycles. The minimum Gasteiger partial charge on any atom is -0.355 e. The maximum Gasteiger partial charge on any atom is 0.203 e. The second-order valence-electron chi connectivity index (χ2n) is 6.03. The van der Waals surface area contributed by atoms with Crippen LogP contribution in [-0.2, 0) is 0 Å². The number of aryl methyl sites for hydroxylation is 1. The van der Waals surface area contributed by atoms with Crippen molar-refractivity contribution in [3.8, 4) is 0 Å². The standard InChI is InChI=1S/C15H27N3/c1-12(2)10-16-15-17-13(3)11-18(15)14-8-6-4-5-7-9-14/h11-12,14H,4-10H2,1-3H3,(H,16,17). The van der Waals surface area contributed by atoms with Crippen molar-refractivity contribution in [1.82, 2.24) is 9.55 Å². The van der Waals surface area contributed by atoms with Crippen LogP contribution in [0, 0.1) is 12.8 Å². The molecule has 0 unspecified atom stereocenters. The average Bonchev–Trinajstić information content (AvgIpc) is 2.54. The summed E-state index contributed by atoms with van der Waals surface area (Å²) >= 11 is 0. The lowest BCUT2D eigenvalue weighted by molar-refractivity contribution is 0.446. The van der Waals surface area contributed by atoms with Gasteiger partial charge >= 0.3 is 0 Å². The van der Waals surface area contributed by atoms with Gasteiger partial charge in [-0.2, -0.15) is 0 Å². The third-order valence-electron chi connectivity index (χ3n) is 3.74. The van der Waals surface area contributed by atoms with E-state index in [1.807, 2.05) is 0 Å². The van der Waals surface area contributed by atoms with Gasteiger partial charge in [0.25, 0.3) is 0 Å². The van der Waals surface area contributed by atoms with Crippen molar-refractivity contribution >= 4 is 5.95 Å². The second-order valence-corrected chi connectivity index (χ2v) is 6.03. The van der Waals surface area contributed by atoms with E-state index in [2.05, 4.69) is 41.8 Å². The number of hydrogen-bond donors (Lipinski definition) is 1. The number of anilines is 1. The minimum atomic E-state index is 0.656. The van der Waals surface area contributed by atoms with Gasteiger partial charge in [-0.25, -0.2) is 4.98 Å². The Morgan fingerprint density at radius 3 is 2.56 bits per heavy atom. The third-order valence-corrected chi connectivity index (χ3v) is 3.74. The molecule has 0 amide bonds. The monoisotopic (exact) mass is 249 g/mol. The highest BCUT2D eigenvalue weighted by Gasteiger charge is 2.17. The molecular weight excluding hydrogens is 222 g/mol. The van der Waals surface area contributed by atoms with Crippen molar-refractivity contribution < 1.29 is 0 Å². The van der Waals surface area contributed by atoms with E-state index < -0.39 is 0 Å². The third kappa shape index (κ3) is 3.50. The maximum absolute atomic E-state index is 4.64. The molecule has 0 atom stereocenters. The molecule has 3 heteroatoms. The molecule has 1 heterocycles. The van der Waals surface area contributed by atoms with Crippen LogP contribution in [0.5, 0.6) is 0 Å². The Labute approximate surface area is 111 Å². The molecule has 1 aromatic rings. The van der Waals surface area contributed by atoms with Crippen molar-refractivity contribution in [2.75, 3.05) is 11.9 Å². The van der Waals surface area contributed by atoms with Crippen LogP contribution < -0.4 is 5.32 Å². The Morgan fingerprint density at radius 2 is 1.94 bits per heavy atom. The largest absolute Gasteiger partial charge is 0.355 e. The van der Waals surface area contributed by atoms with Crippen molar-refractivity contribution in [2.45, 2.75) is 65.3 Å². The fourth-order valence-corrected chi connectivity index (χ4v) is 2.76. The molecule has 3 nitrogen and oxygen atoms in total. The Bertz CT molecular complexity index is 360. The van der Waals surface area contributed by atoms with Gasteiger partial charge in [0.1, 0.15) is 0 Å². The number of nitrogens with zero attached hydrogens (tertiary/aromatic N) is 2. The smallest absolute Gasteiger partial charge is 0.203 e. The first-order valence-electron chi connectivity index (χ1n) is 7.46. The highest BCUT2D eigenvalue weighted by atomic mass is 15.2. The van der Waals surface area contributed by atoms with Gasteiger partial charge in [-0.1, -0.05) is 39.5 Å². The molecule has 1 aliphatic rings. The van der Waals surface area contributed by atoms with Crippen molar-refractivity contribution in [1.29, 1.82) is 0 Å². The van der Waals surface area contributed by atoms with Crippen molar-refractivity contribution in [3.63, 3.8) is 0 Å². The average molecular weight is 249 g/mol. The molecule has 0 aromatic carbocycles. The van der Waals surface area contributed by atoms with Crippen molar-refractivity contribution in [2.24, 2.45) is 5.92 Å². The summed E-state index contributed by atoms with van der Waals surface area (Å²) in [5, 5.41) is 3.50. The Kier molecular flexibility index (Phi) is 4.67. The predicted molar refractivity (Wildman–Crippen MR) is 77.0 cm³/mol. The van der Waals surface area contributed by atoms with E-state index in [1.165, 1.54) is 38.5 Å². The van der Waals surface area contributed by atoms with Crippen LogP contribution in [-0.4, -0.2) is 16.1 Å². The zero-order chi connectivity index (χ0) is 13.0. The van der Waals surface area contributed by atoms with E-state index in [0.717, 1.165) is 18.2 Å². The molecule has 1 N–H and O–H groups in total. The van der Waals surface area contributed by atoms with Crippen LogP contribution >= 0.6 is 0 Å². The van der Waals surface area contributed by atoms with Gasteiger partial charge in [-0.05, 0) is 25.7 Å². The number of nitrogens with one attached hydrogen (secondary N) is 1. The number of hydrogen-bond acceptors (Lipinski definition) is 2. The van der Waals surface area contributed by atoms with Gasteiger partial charge in [0.05, 0.1) is 5.69 Å². The first-order valence-corrected chi connectivity index (χ1v) is 7.46. The van der Waals surface area contributed by atoms with Crippen LogP contribution in [0.3, 0.4) is 0 Å². The molecular formula is C15H27N3. The van der Waals surface area contributed by atoms with E-state index in [9.17, 15) is 0 Å². The fourth-order valence-electron chi connectivity index (χ4n) is 2.76. The number of imidazole rings is 1. The molecule has 0 aliphatic heterocycles. The van der Waals surface area contributed by atoms with Crippen LogP contribution in [0.4, 0.5) is 5.95 Å². The predicted octanol–water partition coefficient (Wildman–Crippen LogP) is 4.15. The maximum atomic E-state index is 4.64. The number of rotatable bonds is 4. The van der Waals surface area contributed by atoms with E-state index in [0.29, 0.717) is 12.0 Å². The summed E-state index contributed by atoms with van der Waals surface area (Å²) in [6.45, 7) is 7.56. The van der Waals surface area contributed by atoms with E-state index >= 15 is 0 Å². The normalized spacial score (nSPS) is 18.0. The topological polar surface area (TPSA) is 29.9 Å². The van der Waals surface area contributed by atoms with E-state index in [4.69, 9.17) is 0 Å². The van der Waals surface area contributed by atoms with Crippen LogP contribution in [0.1, 0.15) is 64.1 Å². The summed E-state index contributed by atoms with van der Waals surface area (Å²) < 4.78 is 2.39. The summed E-state index contributed by atoms with van der Waals surface area (Å²) in [5.74, 6) is 1.73. The second kappa shape index (κ2) is 6.26. The number of aromatic nitrogens is 2. The molecule has 2 rings (SSSR count). The quantitative estimate of drug-likeness (QED) is 0.812. The van der Waals surface area contributed by atoms with E-state index in [1.54, 1.807) is 0 Å². The zero-order valence-corrected chi connectivity index (χ0v) is 12.1. The molecule has 0 bridgehead atoms. The van der Waals surface area contributed by atoms with Gasteiger partial charge in [0.15, 0.2) is 0 Å². The molecule has 102 valence electrons. The summed E-state index contributed by atoms with van der Waals surface area (Å²) in [6.07, 6.45) is 10.4. The Balaban J connectivity index is 2.09. The first kappa shape index (κ1) is 13.4. The van der Waals surface area contributed by atoms with Crippen molar-refractivity contribution in [3.05, 3.63) is 11.9 Å². The lowest BCUT2D eigenvalue weighted by Gasteiger charge is -2.19. The van der Waals surface area contributed by atoms with Gasteiger partial charge in [0.2, 0.25) is 5.95 Å². The highest BCUT2D eigenvalue weighted by Crippen LogP contribution is 2.29. The fraction of sp³-hybridized carbons (Fsp3) is 0.800. The Hall–Kier alpha value is -0.990. The summed E-state index contributed by atoms with van der Waals surface area (Å²) in [4.78, 5) is 4.64. The molecule has 1 aromatic heterocycles. The molecule has 18 heavy (non-hydrogen) atoms. The van der Waals surface area contributed by atoms with Crippen LogP contribution in [0.2, 0.25) is 0 Å². The lowest BCUT2D eigenvalue weighted by atomic mass is 10.1. The van der Waals surface area contributed by atoms with E-state index in [-0.39, 0.29) is 0 Å². The van der Waals surface area contributed by atoms with Crippen LogP contribution in [0.15, 0.2) is 6.20 Å². The molecule has 0 spiro atoms. The van der Waals surface area contributed by atoms with Gasteiger partial charge in [-0.15, -0.1) is 0 Å². The molecule has 1 saturated carbocycles. The van der Waals surface area contributed by atoms with Gasteiger partial charge in [0, 0.05) is 18.8 Å². The van der Waals surface area contributed by atoms with Crippen LogP contribution in [0.25, 0.3) is 0 Å². The van der Waals surface area contributed by atoms with Gasteiger partial charge < -0.3 is 9.88 Å². The first-order chi connectivity index (χ1) is 8.66. The van der Waals surface area contributed by atoms with Gasteiger partial charge in [-0.3, -0.25) is 0 Å². The minimum absolute atomic E-state index is 0.656.